The van der Waals surface area contributed by atoms with Gasteiger partial charge in [0.05, 0.1) is 38.3 Å². The molecule has 0 saturated carbocycles. The average molecular weight is 412 g/mol. The van der Waals surface area contributed by atoms with E-state index in [1.807, 2.05) is 24.3 Å². The first kappa shape index (κ1) is 19.3. The molecule has 1 aromatic heterocycles. The first-order valence-corrected chi connectivity index (χ1v) is 10.0. The number of rotatable bonds is 6. The van der Waals surface area contributed by atoms with Crippen molar-refractivity contribution in [3.63, 3.8) is 0 Å². The number of methoxy groups -OCH3 is 2. The lowest BCUT2D eigenvalue weighted by atomic mass is 10.2. The highest BCUT2D eigenvalue weighted by Gasteiger charge is 2.29. The lowest BCUT2D eigenvalue weighted by Gasteiger charge is -2.15. The zero-order valence-electron chi connectivity index (χ0n) is 16.1. The van der Waals surface area contributed by atoms with E-state index in [0.29, 0.717) is 47.1 Å². The SMILES string of the molecule is COc1ccc(Cn2c(S[C@@H]3CCOC3=O)nc3ccccc3c2=O)cc1OC. The topological polar surface area (TPSA) is 79.7 Å². The van der Waals surface area contributed by atoms with Gasteiger partial charge in [0.2, 0.25) is 0 Å². The predicted molar refractivity (Wildman–Crippen MR) is 110 cm³/mol. The molecule has 4 rings (SSSR count). The number of carbonyl (C=O) groups excluding carboxylic acids is 1. The maximum atomic E-state index is 13.2. The zero-order chi connectivity index (χ0) is 20.4. The molecular weight excluding hydrogens is 392 g/mol. The Hall–Kier alpha value is -3.00. The second kappa shape index (κ2) is 8.16. The summed E-state index contributed by atoms with van der Waals surface area (Å²) in [7, 11) is 3.14. The van der Waals surface area contributed by atoms with E-state index in [4.69, 9.17) is 14.2 Å². The van der Waals surface area contributed by atoms with Crippen LogP contribution in [0.4, 0.5) is 0 Å². The van der Waals surface area contributed by atoms with Crippen molar-refractivity contribution in [3.8, 4) is 11.5 Å². The van der Waals surface area contributed by atoms with Gasteiger partial charge in [0, 0.05) is 6.42 Å². The number of hydrogen-bond acceptors (Lipinski definition) is 7. The molecule has 7 nitrogen and oxygen atoms in total. The average Bonchev–Trinajstić information content (AvgIpc) is 3.15. The van der Waals surface area contributed by atoms with E-state index in [0.717, 1.165) is 5.56 Å². The Morgan fingerprint density at radius 3 is 2.66 bits per heavy atom. The third-order valence-electron chi connectivity index (χ3n) is 4.75. The molecule has 1 fully saturated rings. The van der Waals surface area contributed by atoms with Crippen LogP contribution in [-0.2, 0) is 16.1 Å². The second-order valence-electron chi connectivity index (χ2n) is 6.55. The molecule has 1 aliphatic heterocycles. The van der Waals surface area contributed by atoms with Crippen molar-refractivity contribution in [3.05, 3.63) is 58.4 Å². The Kier molecular flexibility index (Phi) is 5.44. The molecule has 0 unspecified atom stereocenters. The Morgan fingerprint density at radius 2 is 1.93 bits per heavy atom. The zero-order valence-corrected chi connectivity index (χ0v) is 16.9. The van der Waals surface area contributed by atoms with Gasteiger partial charge in [-0.2, -0.15) is 0 Å². The number of thioether (sulfide) groups is 1. The number of carbonyl (C=O) groups is 1. The molecule has 29 heavy (non-hydrogen) atoms. The number of esters is 1. The summed E-state index contributed by atoms with van der Waals surface area (Å²) in [5.74, 6) is 0.930. The van der Waals surface area contributed by atoms with E-state index in [1.165, 1.54) is 11.8 Å². The van der Waals surface area contributed by atoms with Crippen molar-refractivity contribution in [1.82, 2.24) is 9.55 Å². The molecular formula is C21H20N2O5S. The van der Waals surface area contributed by atoms with Crippen molar-refractivity contribution in [2.45, 2.75) is 23.4 Å². The van der Waals surface area contributed by atoms with Crippen LogP contribution in [0.5, 0.6) is 11.5 Å². The highest BCUT2D eigenvalue weighted by Crippen LogP contribution is 2.31. The number of ether oxygens (including phenoxy) is 3. The fourth-order valence-electron chi connectivity index (χ4n) is 3.25. The normalized spacial score (nSPS) is 16.1. The molecule has 1 saturated heterocycles. The second-order valence-corrected chi connectivity index (χ2v) is 7.72. The highest BCUT2D eigenvalue weighted by molar-refractivity contribution is 8.00. The maximum Gasteiger partial charge on any atom is 0.319 e. The Bertz CT molecular complexity index is 1130. The van der Waals surface area contributed by atoms with Gasteiger partial charge < -0.3 is 14.2 Å². The smallest absolute Gasteiger partial charge is 0.319 e. The minimum atomic E-state index is -0.361. The van der Waals surface area contributed by atoms with Gasteiger partial charge in [-0.3, -0.25) is 14.2 Å². The molecule has 0 spiro atoms. The molecule has 0 N–H and O–H groups in total. The minimum Gasteiger partial charge on any atom is -0.493 e. The summed E-state index contributed by atoms with van der Waals surface area (Å²) in [6, 6.07) is 12.7. The van der Waals surface area contributed by atoms with Crippen LogP contribution in [0.25, 0.3) is 10.9 Å². The molecule has 2 heterocycles. The van der Waals surface area contributed by atoms with Crippen LogP contribution in [0.2, 0.25) is 0 Å². The predicted octanol–water partition coefficient (Wildman–Crippen LogP) is 2.87. The summed E-state index contributed by atoms with van der Waals surface area (Å²) in [6.45, 7) is 0.686. The molecule has 1 aliphatic rings. The van der Waals surface area contributed by atoms with Gasteiger partial charge in [0.1, 0.15) is 5.25 Å². The number of fused-ring (bicyclic) bond motifs is 1. The molecule has 0 aliphatic carbocycles. The van der Waals surface area contributed by atoms with E-state index in [9.17, 15) is 9.59 Å². The van der Waals surface area contributed by atoms with Crippen LogP contribution in [0.1, 0.15) is 12.0 Å². The van der Waals surface area contributed by atoms with Crippen molar-refractivity contribution in [1.29, 1.82) is 0 Å². The van der Waals surface area contributed by atoms with Gasteiger partial charge in [0.15, 0.2) is 16.7 Å². The van der Waals surface area contributed by atoms with Gasteiger partial charge in [-0.25, -0.2) is 4.98 Å². The van der Waals surface area contributed by atoms with Crippen LogP contribution in [0.15, 0.2) is 52.4 Å². The van der Waals surface area contributed by atoms with Crippen molar-refractivity contribution >= 4 is 28.6 Å². The largest absolute Gasteiger partial charge is 0.493 e. The monoisotopic (exact) mass is 412 g/mol. The van der Waals surface area contributed by atoms with Crippen LogP contribution in [-0.4, -0.2) is 41.6 Å². The molecule has 0 radical (unpaired) electrons. The molecule has 8 heteroatoms. The lowest BCUT2D eigenvalue weighted by molar-refractivity contribution is -0.137. The maximum absolute atomic E-state index is 13.2. The van der Waals surface area contributed by atoms with Crippen molar-refractivity contribution in [2.75, 3.05) is 20.8 Å². The van der Waals surface area contributed by atoms with Crippen LogP contribution < -0.4 is 15.0 Å². The van der Waals surface area contributed by atoms with Gasteiger partial charge in [-0.1, -0.05) is 30.0 Å². The minimum absolute atomic E-state index is 0.153. The lowest BCUT2D eigenvalue weighted by Crippen LogP contribution is -2.25. The third kappa shape index (κ3) is 3.80. The van der Waals surface area contributed by atoms with E-state index < -0.39 is 0 Å². The number of para-hydroxylation sites is 1. The quantitative estimate of drug-likeness (QED) is 0.455. The third-order valence-corrected chi connectivity index (χ3v) is 5.99. The van der Waals surface area contributed by atoms with Crippen molar-refractivity contribution in [2.24, 2.45) is 0 Å². The molecule has 150 valence electrons. The van der Waals surface area contributed by atoms with Crippen LogP contribution in [0, 0.1) is 0 Å². The fraction of sp³-hybridized carbons (Fsp3) is 0.286. The first-order valence-electron chi connectivity index (χ1n) is 9.14. The number of hydrogen-bond donors (Lipinski definition) is 0. The van der Waals surface area contributed by atoms with Gasteiger partial charge in [-0.15, -0.1) is 0 Å². The van der Waals surface area contributed by atoms with Crippen molar-refractivity contribution < 1.29 is 19.0 Å². The Morgan fingerprint density at radius 1 is 1.14 bits per heavy atom. The van der Waals surface area contributed by atoms with Gasteiger partial charge >= 0.3 is 5.97 Å². The van der Waals surface area contributed by atoms with E-state index in [2.05, 4.69) is 4.98 Å². The summed E-state index contributed by atoms with van der Waals surface area (Å²) in [4.78, 5) is 29.9. The first-order chi connectivity index (χ1) is 14.1. The highest BCUT2D eigenvalue weighted by atomic mass is 32.2. The number of benzene rings is 2. The van der Waals surface area contributed by atoms with Gasteiger partial charge in [-0.05, 0) is 29.8 Å². The number of cyclic esters (lactones) is 1. The number of aromatic nitrogens is 2. The summed E-state index contributed by atoms with van der Waals surface area (Å²) in [5.41, 5.74) is 1.31. The molecule has 3 aromatic rings. The molecule has 0 bridgehead atoms. The van der Waals surface area contributed by atoms with E-state index in [1.54, 1.807) is 37.0 Å². The summed E-state index contributed by atoms with van der Waals surface area (Å²) >= 11 is 1.27. The summed E-state index contributed by atoms with van der Waals surface area (Å²) in [6.07, 6.45) is 0.600. The molecule has 2 aromatic carbocycles. The summed E-state index contributed by atoms with van der Waals surface area (Å²) < 4.78 is 17.3. The van der Waals surface area contributed by atoms with E-state index in [-0.39, 0.29) is 16.8 Å². The summed E-state index contributed by atoms with van der Waals surface area (Å²) in [5, 5.41) is 0.665. The molecule has 1 atom stereocenters. The molecule has 0 amide bonds. The standard InChI is InChI=1S/C21H20N2O5S/c1-26-16-8-7-13(11-17(16)27-2)12-23-19(24)14-5-3-4-6-15(14)22-21(23)29-18-9-10-28-20(18)25/h3-8,11,18H,9-10,12H2,1-2H3/t18-/m1/s1. The number of nitrogens with zero attached hydrogens (tertiary/aromatic N) is 2. The Labute approximate surface area is 171 Å². The van der Waals surface area contributed by atoms with E-state index >= 15 is 0 Å². The van der Waals surface area contributed by atoms with Gasteiger partial charge in [0.25, 0.3) is 5.56 Å². The fourth-order valence-corrected chi connectivity index (χ4v) is 4.31. The van der Waals surface area contributed by atoms with Crippen LogP contribution >= 0.6 is 11.8 Å². The van der Waals surface area contributed by atoms with Crippen LogP contribution in [0.3, 0.4) is 0 Å². The Balaban J connectivity index is 1.79.